The Hall–Kier alpha value is -3.21. The molecule has 3 rings (SSSR count). The summed E-state index contributed by atoms with van der Waals surface area (Å²) in [6.07, 6.45) is 2.11. The third kappa shape index (κ3) is 7.41. The lowest BCUT2D eigenvalue weighted by molar-refractivity contribution is 0.0122. The second-order valence-corrected chi connectivity index (χ2v) is 11.1. The Bertz CT molecular complexity index is 1120. The van der Waals surface area contributed by atoms with Gasteiger partial charge in [0, 0.05) is 44.3 Å². The molecule has 0 bridgehead atoms. The number of rotatable bonds is 6. The van der Waals surface area contributed by atoms with Gasteiger partial charge in [0.1, 0.15) is 11.7 Å². The van der Waals surface area contributed by atoms with E-state index in [0.717, 1.165) is 11.8 Å². The van der Waals surface area contributed by atoms with E-state index in [9.17, 15) is 13.2 Å². The number of sulfone groups is 1. The predicted octanol–water partition coefficient (Wildman–Crippen LogP) is 3.46. The maximum atomic E-state index is 12.2. The molecule has 184 valence electrons. The Labute approximate surface area is 199 Å². The van der Waals surface area contributed by atoms with Crippen molar-refractivity contribution < 1.29 is 27.5 Å². The molecule has 2 aromatic rings. The number of piperidine rings is 1. The molecule has 0 radical (unpaired) electrons. The van der Waals surface area contributed by atoms with Gasteiger partial charge in [-0.2, -0.15) is 0 Å². The zero-order chi connectivity index (χ0) is 24.9. The summed E-state index contributed by atoms with van der Waals surface area (Å²) < 4.78 is 34.4. The lowest BCUT2D eigenvalue weighted by Gasteiger charge is -2.33. The van der Waals surface area contributed by atoms with Crippen LogP contribution in [-0.4, -0.2) is 66.4 Å². The first-order valence-electron chi connectivity index (χ1n) is 10.9. The minimum Gasteiger partial charge on any atom is -0.473 e. The quantitative estimate of drug-likeness (QED) is 0.446. The van der Waals surface area contributed by atoms with Crippen LogP contribution in [0.1, 0.15) is 46.1 Å². The topological polar surface area (TPSA) is 120 Å². The minimum absolute atomic E-state index is 0.0741. The summed E-state index contributed by atoms with van der Waals surface area (Å²) in [6.45, 7) is 8.37. The van der Waals surface area contributed by atoms with E-state index < -0.39 is 15.4 Å². The smallest absolute Gasteiger partial charge is 0.410 e. The predicted molar refractivity (Wildman–Crippen MR) is 126 cm³/mol. The number of carbonyl (C=O) groups is 1. The van der Waals surface area contributed by atoms with Crippen molar-refractivity contribution in [3.8, 4) is 11.8 Å². The van der Waals surface area contributed by atoms with Crippen LogP contribution in [-0.2, 0) is 14.6 Å². The van der Waals surface area contributed by atoms with Crippen molar-refractivity contribution in [3.63, 3.8) is 0 Å². The van der Waals surface area contributed by atoms with Crippen LogP contribution in [0.25, 0.3) is 0 Å². The molecule has 1 saturated heterocycles. The van der Waals surface area contributed by atoms with Crippen LogP contribution in [0.5, 0.6) is 11.8 Å². The fourth-order valence-electron chi connectivity index (χ4n) is 3.18. The summed E-state index contributed by atoms with van der Waals surface area (Å²) in [5.74, 6) is 0.555. The summed E-state index contributed by atoms with van der Waals surface area (Å²) in [5.41, 5.74) is 0.756. The molecule has 0 N–H and O–H groups in total. The molecule has 1 fully saturated rings. The maximum absolute atomic E-state index is 12.2. The largest absolute Gasteiger partial charge is 0.473 e. The van der Waals surface area contributed by atoms with E-state index in [1.165, 1.54) is 12.1 Å². The minimum atomic E-state index is -3.25. The fourth-order valence-corrected chi connectivity index (χ4v) is 3.81. The lowest BCUT2D eigenvalue weighted by atomic mass is 10.1. The molecular weight excluding hydrogens is 460 g/mol. The molecule has 34 heavy (non-hydrogen) atoms. The molecule has 11 heteroatoms. The molecule has 1 aromatic carbocycles. The Morgan fingerprint density at radius 3 is 2.15 bits per heavy atom. The van der Waals surface area contributed by atoms with Crippen molar-refractivity contribution in [3.05, 3.63) is 42.0 Å². The van der Waals surface area contributed by atoms with Crippen molar-refractivity contribution in [2.24, 2.45) is 5.16 Å². The summed E-state index contributed by atoms with van der Waals surface area (Å²) in [5, 5.41) is 12.0. The van der Waals surface area contributed by atoms with Gasteiger partial charge in [-0.1, -0.05) is 17.3 Å². The van der Waals surface area contributed by atoms with E-state index in [-0.39, 0.29) is 23.0 Å². The van der Waals surface area contributed by atoms with E-state index in [2.05, 4.69) is 15.4 Å². The van der Waals surface area contributed by atoms with Crippen LogP contribution in [0.4, 0.5) is 4.79 Å². The third-order valence-corrected chi connectivity index (χ3v) is 6.10. The molecule has 1 aromatic heterocycles. The lowest BCUT2D eigenvalue weighted by Crippen LogP contribution is -2.44. The van der Waals surface area contributed by atoms with Crippen molar-refractivity contribution >= 4 is 21.6 Å². The fraction of sp³-hybridized carbons (Fsp3) is 0.478. The number of benzene rings is 1. The highest BCUT2D eigenvalue weighted by molar-refractivity contribution is 7.90. The zero-order valence-corrected chi connectivity index (χ0v) is 20.8. The highest BCUT2D eigenvalue weighted by Crippen LogP contribution is 2.20. The number of carbonyl (C=O) groups excluding carboxylic acids is 1. The van der Waals surface area contributed by atoms with Gasteiger partial charge in [-0.15, -0.1) is 10.2 Å². The Morgan fingerprint density at radius 1 is 1.03 bits per heavy atom. The number of ether oxygens (including phenoxy) is 2. The highest BCUT2D eigenvalue weighted by Gasteiger charge is 2.27. The van der Waals surface area contributed by atoms with E-state index in [4.69, 9.17) is 14.3 Å². The van der Waals surface area contributed by atoms with Crippen molar-refractivity contribution in [1.29, 1.82) is 0 Å². The molecule has 0 aliphatic carbocycles. The first-order chi connectivity index (χ1) is 15.9. The van der Waals surface area contributed by atoms with E-state index in [1.54, 1.807) is 36.1 Å². The van der Waals surface area contributed by atoms with Gasteiger partial charge in [-0.25, -0.2) is 13.2 Å². The number of oxime groups is 1. The van der Waals surface area contributed by atoms with Gasteiger partial charge >= 0.3 is 6.09 Å². The molecule has 0 atom stereocenters. The average molecular weight is 491 g/mol. The van der Waals surface area contributed by atoms with Crippen LogP contribution >= 0.6 is 0 Å². The Balaban J connectivity index is 1.49. The average Bonchev–Trinajstić information content (AvgIpc) is 2.77. The third-order valence-electron chi connectivity index (χ3n) is 4.97. The van der Waals surface area contributed by atoms with Crippen LogP contribution in [0.2, 0.25) is 0 Å². The van der Waals surface area contributed by atoms with E-state index in [0.29, 0.717) is 37.5 Å². The van der Waals surface area contributed by atoms with E-state index >= 15 is 0 Å². The first-order valence-corrected chi connectivity index (χ1v) is 12.8. The van der Waals surface area contributed by atoms with Gasteiger partial charge in [0.2, 0.25) is 5.88 Å². The van der Waals surface area contributed by atoms with Gasteiger partial charge in [0.15, 0.2) is 9.84 Å². The standard InChI is InChI=1S/C23H30N4O6S/c1-16(17-6-8-19(9-7-17)34(5,29)30)26-33-21-11-10-20(24-25-21)31-18-12-14-27(15-13-18)22(28)32-23(2,3)4/h6-11,18H,12-15H2,1-5H3/b26-16-. The van der Waals surface area contributed by atoms with Crippen molar-refractivity contribution in [1.82, 2.24) is 15.1 Å². The van der Waals surface area contributed by atoms with Gasteiger partial charge in [0.25, 0.3) is 5.88 Å². The molecule has 10 nitrogen and oxygen atoms in total. The molecular formula is C23H30N4O6S. The molecule has 0 saturated carbocycles. The van der Waals surface area contributed by atoms with Crippen molar-refractivity contribution in [2.45, 2.75) is 57.1 Å². The second-order valence-electron chi connectivity index (χ2n) is 9.06. The molecule has 1 aliphatic rings. The molecule has 0 unspecified atom stereocenters. The number of likely N-dealkylation sites (tertiary alicyclic amines) is 1. The number of hydrogen-bond donors (Lipinski definition) is 0. The summed E-state index contributed by atoms with van der Waals surface area (Å²) >= 11 is 0. The normalized spacial score (nSPS) is 15.7. The van der Waals surface area contributed by atoms with Gasteiger partial charge in [0.05, 0.1) is 10.6 Å². The van der Waals surface area contributed by atoms with Crippen LogP contribution in [0.3, 0.4) is 0 Å². The van der Waals surface area contributed by atoms with Crippen LogP contribution in [0.15, 0.2) is 46.4 Å². The summed E-state index contributed by atoms with van der Waals surface area (Å²) in [6, 6.07) is 9.61. The van der Waals surface area contributed by atoms with Crippen LogP contribution < -0.4 is 9.57 Å². The van der Waals surface area contributed by atoms with Gasteiger partial charge in [-0.3, -0.25) is 0 Å². The number of nitrogens with zero attached hydrogens (tertiary/aromatic N) is 4. The maximum Gasteiger partial charge on any atom is 0.410 e. The highest BCUT2D eigenvalue weighted by atomic mass is 32.2. The second kappa shape index (κ2) is 10.4. The van der Waals surface area contributed by atoms with Crippen molar-refractivity contribution in [2.75, 3.05) is 19.3 Å². The molecule has 1 aliphatic heterocycles. The first kappa shape index (κ1) is 25.4. The van der Waals surface area contributed by atoms with Gasteiger partial charge in [-0.05, 0) is 45.4 Å². The number of hydrogen-bond acceptors (Lipinski definition) is 9. The zero-order valence-electron chi connectivity index (χ0n) is 20.0. The number of amides is 1. The van der Waals surface area contributed by atoms with Crippen LogP contribution in [0, 0.1) is 0 Å². The Morgan fingerprint density at radius 2 is 1.62 bits per heavy atom. The SMILES string of the molecule is C/C(=N/Oc1ccc(OC2CCN(C(=O)OC(C)(C)C)CC2)nn1)c1ccc(S(C)(=O)=O)cc1. The summed E-state index contributed by atoms with van der Waals surface area (Å²) in [4.78, 5) is 19.4. The Kier molecular flexibility index (Phi) is 7.75. The van der Waals surface area contributed by atoms with Gasteiger partial charge < -0.3 is 19.2 Å². The number of aromatic nitrogens is 2. The molecule has 2 heterocycles. The summed E-state index contributed by atoms with van der Waals surface area (Å²) in [7, 11) is -3.25. The molecule has 0 spiro atoms. The molecule has 1 amide bonds. The monoisotopic (exact) mass is 490 g/mol. The van der Waals surface area contributed by atoms with E-state index in [1.807, 2.05) is 20.8 Å².